The van der Waals surface area contributed by atoms with Crippen molar-refractivity contribution in [3.8, 4) is 0 Å². The van der Waals surface area contributed by atoms with Gasteiger partial charge in [-0.1, -0.05) is 6.07 Å². The van der Waals surface area contributed by atoms with Crippen molar-refractivity contribution in [1.29, 1.82) is 0 Å². The minimum atomic E-state index is -1.01. The fourth-order valence-corrected chi connectivity index (χ4v) is 2.35. The molecule has 1 atom stereocenters. The van der Waals surface area contributed by atoms with Crippen molar-refractivity contribution in [2.24, 2.45) is 5.92 Å². The van der Waals surface area contributed by atoms with Gasteiger partial charge in [0.1, 0.15) is 6.04 Å². The summed E-state index contributed by atoms with van der Waals surface area (Å²) in [6.07, 6.45) is 3.63. The highest BCUT2D eigenvalue weighted by atomic mass is 16.4. The van der Waals surface area contributed by atoms with E-state index in [0.717, 1.165) is 25.7 Å². The third kappa shape index (κ3) is 4.21. The Morgan fingerprint density at radius 3 is 2.48 bits per heavy atom. The number of anilines is 1. The largest absolute Gasteiger partial charge is 0.480 e. The van der Waals surface area contributed by atoms with E-state index in [1.165, 1.54) is 6.07 Å². The predicted molar refractivity (Wildman–Crippen MR) is 83.2 cm³/mol. The summed E-state index contributed by atoms with van der Waals surface area (Å²) >= 11 is 0. The van der Waals surface area contributed by atoms with Crippen LogP contribution < -0.4 is 16.0 Å². The zero-order valence-corrected chi connectivity index (χ0v) is 12.5. The minimum Gasteiger partial charge on any atom is -0.480 e. The van der Waals surface area contributed by atoms with Crippen LogP contribution in [0.1, 0.15) is 36.0 Å². The average Bonchev–Trinajstić information content (AvgIpc) is 3.38. The Balaban J connectivity index is 1.62. The number of carboxylic acid groups (broad SMARTS) is 1. The fraction of sp³-hybridized carbons (Fsp3) is 0.438. The molecule has 0 heterocycles. The molecular formula is C16H19N3O4. The third-order valence-electron chi connectivity index (χ3n) is 3.94. The van der Waals surface area contributed by atoms with Gasteiger partial charge in [0.2, 0.25) is 0 Å². The number of carbonyl (C=O) groups excluding carboxylic acids is 2. The summed E-state index contributed by atoms with van der Waals surface area (Å²) in [6, 6.07) is 5.55. The van der Waals surface area contributed by atoms with Gasteiger partial charge in [-0.2, -0.15) is 0 Å². The highest BCUT2D eigenvalue weighted by Crippen LogP contribution is 2.32. The SMILES string of the molecule is O=C(Nc1cccc(C(=O)NC(C(=O)O)C2CC2)c1)NC1CC1. The van der Waals surface area contributed by atoms with Crippen LogP contribution in [0.5, 0.6) is 0 Å². The molecule has 122 valence electrons. The number of nitrogens with one attached hydrogen (secondary N) is 3. The van der Waals surface area contributed by atoms with Crippen molar-refractivity contribution in [3.05, 3.63) is 29.8 Å². The molecular weight excluding hydrogens is 298 g/mol. The summed E-state index contributed by atoms with van der Waals surface area (Å²) in [5.74, 6) is -1.45. The molecule has 1 aromatic rings. The number of urea groups is 1. The molecule has 0 aromatic heterocycles. The van der Waals surface area contributed by atoms with Gasteiger partial charge in [-0.3, -0.25) is 4.79 Å². The van der Waals surface area contributed by atoms with Crippen LogP contribution in [-0.4, -0.2) is 35.1 Å². The van der Waals surface area contributed by atoms with Crippen LogP contribution in [-0.2, 0) is 4.79 Å². The van der Waals surface area contributed by atoms with Gasteiger partial charge in [-0.25, -0.2) is 9.59 Å². The van der Waals surface area contributed by atoms with Crippen molar-refractivity contribution in [1.82, 2.24) is 10.6 Å². The first-order valence-corrected chi connectivity index (χ1v) is 7.74. The quantitative estimate of drug-likeness (QED) is 0.638. The summed E-state index contributed by atoms with van der Waals surface area (Å²) in [7, 11) is 0. The van der Waals surface area contributed by atoms with E-state index in [-0.39, 0.29) is 18.0 Å². The second kappa shape index (κ2) is 6.28. The molecule has 0 saturated heterocycles. The zero-order chi connectivity index (χ0) is 16.4. The Bertz CT molecular complexity index is 638. The van der Waals surface area contributed by atoms with Crippen molar-refractivity contribution < 1.29 is 19.5 Å². The molecule has 0 radical (unpaired) electrons. The fourth-order valence-electron chi connectivity index (χ4n) is 2.35. The lowest BCUT2D eigenvalue weighted by atomic mass is 10.1. The van der Waals surface area contributed by atoms with Gasteiger partial charge < -0.3 is 21.1 Å². The van der Waals surface area contributed by atoms with Crippen molar-refractivity contribution in [3.63, 3.8) is 0 Å². The molecule has 2 saturated carbocycles. The van der Waals surface area contributed by atoms with Crippen LogP contribution in [0.4, 0.5) is 10.5 Å². The third-order valence-corrected chi connectivity index (χ3v) is 3.94. The highest BCUT2D eigenvalue weighted by Gasteiger charge is 2.37. The first kappa shape index (κ1) is 15.3. The number of hydrogen-bond acceptors (Lipinski definition) is 3. The molecule has 0 aliphatic heterocycles. The van der Waals surface area contributed by atoms with E-state index in [0.29, 0.717) is 11.3 Å². The summed E-state index contributed by atoms with van der Waals surface area (Å²) in [4.78, 5) is 35.1. The van der Waals surface area contributed by atoms with Gasteiger partial charge >= 0.3 is 12.0 Å². The summed E-state index contributed by atoms with van der Waals surface area (Å²) in [6.45, 7) is 0. The summed E-state index contributed by atoms with van der Waals surface area (Å²) < 4.78 is 0. The van der Waals surface area contributed by atoms with E-state index in [2.05, 4.69) is 16.0 Å². The molecule has 3 rings (SSSR count). The summed E-state index contributed by atoms with van der Waals surface area (Å²) in [5.41, 5.74) is 0.815. The van der Waals surface area contributed by atoms with E-state index in [4.69, 9.17) is 5.11 Å². The standard InChI is InChI=1S/C16H19N3O4/c20-14(19-13(15(21)22)9-4-5-9)10-2-1-3-12(8-10)18-16(23)17-11-6-7-11/h1-3,8-9,11,13H,4-7H2,(H,19,20)(H,21,22)(H2,17,18,23). The van der Waals surface area contributed by atoms with Crippen molar-refractivity contribution in [2.45, 2.75) is 37.8 Å². The van der Waals surface area contributed by atoms with Crippen LogP contribution in [0.25, 0.3) is 0 Å². The Kier molecular flexibility index (Phi) is 4.18. The first-order valence-electron chi connectivity index (χ1n) is 7.74. The Morgan fingerprint density at radius 2 is 1.87 bits per heavy atom. The maximum absolute atomic E-state index is 12.2. The maximum atomic E-state index is 12.2. The van der Waals surface area contributed by atoms with Gasteiger partial charge in [-0.15, -0.1) is 0 Å². The van der Waals surface area contributed by atoms with Crippen molar-refractivity contribution in [2.75, 3.05) is 5.32 Å². The lowest BCUT2D eigenvalue weighted by Gasteiger charge is -2.14. The zero-order valence-electron chi connectivity index (χ0n) is 12.5. The van der Waals surface area contributed by atoms with Crippen LogP contribution in [0.15, 0.2) is 24.3 Å². The Hall–Kier alpha value is -2.57. The van der Waals surface area contributed by atoms with Gasteiger partial charge in [0, 0.05) is 17.3 Å². The van der Waals surface area contributed by atoms with E-state index in [1.807, 2.05) is 0 Å². The first-order chi connectivity index (χ1) is 11.0. The van der Waals surface area contributed by atoms with E-state index in [1.54, 1.807) is 18.2 Å². The smallest absolute Gasteiger partial charge is 0.326 e. The van der Waals surface area contributed by atoms with Gasteiger partial charge in [0.05, 0.1) is 0 Å². The van der Waals surface area contributed by atoms with Crippen LogP contribution in [0, 0.1) is 5.92 Å². The highest BCUT2D eigenvalue weighted by molar-refractivity contribution is 5.98. The van der Waals surface area contributed by atoms with Crippen LogP contribution >= 0.6 is 0 Å². The van der Waals surface area contributed by atoms with Gasteiger partial charge in [0.25, 0.3) is 5.91 Å². The van der Waals surface area contributed by atoms with Crippen LogP contribution in [0.2, 0.25) is 0 Å². The van der Waals surface area contributed by atoms with Crippen molar-refractivity contribution >= 4 is 23.6 Å². The predicted octanol–water partition coefficient (Wildman–Crippen LogP) is 1.56. The number of benzene rings is 1. The van der Waals surface area contributed by atoms with E-state index in [9.17, 15) is 14.4 Å². The number of carbonyl (C=O) groups is 3. The molecule has 7 heteroatoms. The molecule has 0 bridgehead atoms. The number of aliphatic carboxylic acids is 1. The average molecular weight is 317 g/mol. The second-order valence-corrected chi connectivity index (χ2v) is 6.08. The second-order valence-electron chi connectivity index (χ2n) is 6.08. The van der Waals surface area contributed by atoms with Crippen LogP contribution in [0.3, 0.4) is 0 Å². The normalized spacial score (nSPS) is 17.9. The molecule has 0 spiro atoms. The molecule has 2 aliphatic carbocycles. The molecule has 4 N–H and O–H groups in total. The van der Waals surface area contributed by atoms with Gasteiger partial charge in [-0.05, 0) is 49.8 Å². The van der Waals surface area contributed by atoms with E-state index >= 15 is 0 Å². The number of amides is 3. The summed E-state index contributed by atoms with van der Waals surface area (Å²) in [5, 5.41) is 17.2. The molecule has 2 aliphatic rings. The number of carboxylic acids is 1. The molecule has 3 amide bonds. The monoisotopic (exact) mass is 317 g/mol. The lowest BCUT2D eigenvalue weighted by Crippen LogP contribution is -2.42. The Morgan fingerprint density at radius 1 is 1.13 bits per heavy atom. The molecule has 23 heavy (non-hydrogen) atoms. The van der Waals surface area contributed by atoms with E-state index < -0.39 is 17.9 Å². The van der Waals surface area contributed by atoms with Gasteiger partial charge in [0.15, 0.2) is 0 Å². The lowest BCUT2D eigenvalue weighted by molar-refractivity contribution is -0.139. The maximum Gasteiger partial charge on any atom is 0.326 e. The number of rotatable bonds is 6. The minimum absolute atomic E-state index is 0.0158. The molecule has 2 fully saturated rings. The Labute approximate surface area is 133 Å². The number of hydrogen-bond donors (Lipinski definition) is 4. The molecule has 7 nitrogen and oxygen atoms in total. The molecule has 1 aromatic carbocycles. The molecule has 1 unspecified atom stereocenters. The topological polar surface area (TPSA) is 108 Å².